The van der Waals surface area contributed by atoms with Gasteiger partial charge in [-0.2, -0.15) is 0 Å². The molecule has 0 spiro atoms. The molecule has 0 aromatic rings. The maximum atomic E-state index is 5.45. The normalized spacial score (nSPS) is 12.1. The summed E-state index contributed by atoms with van der Waals surface area (Å²) < 4.78 is 3.97. The van der Waals surface area contributed by atoms with Crippen molar-refractivity contribution in [3.63, 3.8) is 0 Å². The Labute approximate surface area is 145 Å². The van der Waals surface area contributed by atoms with Crippen molar-refractivity contribution in [2.24, 2.45) is 3.50 Å². The second-order valence-corrected chi connectivity index (χ2v) is 14.4. The van der Waals surface area contributed by atoms with Gasteiger partial charge in [0.1, 0.15) is 0 Å². The second-order valence-electron chi connectivity index (χ2n) is 5.94. The summed E-state index contributed by atoms with van der Waals surface area (Å²) in [7, 11) is 10.9. The summed E-state index contributed by atoms with van der Waals surface area (Å²) in [6, 6.07) is 0. The fraction of sp³-hybridized carbons (Fsp3) is 0.867. The van der Waals surface area contributed by atoms with E-state index < -0.39 is 15.0 Å². The molecule has 0 N–H and O–H groups in total. The van der Waals surface area contributed by atoms with Crippen molar-refractivity contribution in [1.29, 1.82) is 0 Å². The van der Waals surface area contributed by atoms with Crippen LogP contribution < -0.4 is 0 Å². The van der Waals surface area contributed by atoms with E-state index in [1.807, 2.05) is 12.4 Å². The van der Waals surface area contributed by atoms with Crippen LogP contribution in [0.3, 0.4) is 0 Å². The van der Waals surface area contributed by atoms with E-state index in [4.69, 9.17) is 18.8 Å². The van der Waals surface area contributed by atoms with Crippen LogP contribution in [0.4, 0.5) is 0 Å². The molecule has 0 radical (unpaired) electrons. The Kier molecular flexibility index (Phi) is 14.5. The van der Waals surface area contributed by atoms with E-state index in [0.717, 1.165) is 25.8 Å². The molecule has 0 aromatic heterocycles. The Morgan fingerprint density at radius 1 is 0.905 bits per heavy atom. The Balaban J connectivity index is 0. The molecule has 0 aliphatic rings. The molecule has 0 bridgehead atoms. The second kappa shape index (κ2) is 12.9. The van der Waals surface area contributed by atoms with Gasteiger partial charge in [0.15, 0.2) is 0 Å². The van der Waals surface area contributed by atoms with Crippen LogP contribution in [0.25, 0.3) is 10.6 Å². The number of hydrogen-bond donors (Lipinski definition) is 0. The van der Waals surface area contributed by atoms with E-state index in [9.17, 15) is 0 Å². The summed E-state index contributed by atoms with van der Waals surface area (Å²) in [6.45, 7) is 15.7. The van der Waals surface area contributed by atoms with E-state index in [1.165, 1.54) is 0 Å². The third-order valence-electron chi connectivity index (χ3n) is 3.06. The first-order chi connectivity index (χ1) is 9.60. The fourth-order valence-corrected chi connectivity index (χ4v) is 3.09. The van der Waals surface area contributed by atoms with Gasteiger partial charge < -0.3 is 10.6 Å². The molecule has 21 heavy (non-hydrogen) atoms. The number of halogens is 2. The number of nitrogens with zero attached hydrogens (tertiary/aromatic N) is 3. The van der Waals surface area contributed by atoms with Crippen molar-refractivity contribution >= 4 is 18.8 Å². The Hall–Kier alpha value is 0.408. The molecule has 0 aromatic carbocycles. The van der Waals surface area contributed by atoms with Gasteiger partial charge >= 0.3 is 57.3 Å². The van der Waals surface area contributed by atoms with E-state index in [2.05, 4.69) is 62.6 Å². The molecule has 0 aliphatic carbocycles. The number of hydrogen-bond acceptors (Lipinski definition) is 1. The standard InChI is InChI=1S/C12H24N2.C3H7N.2ClH.W/c1-7-11(3,4)13-9-10-14-12(5,6)8-2;1-2-3-4;;;/h9-10H,7-8H2,1-6H3;2-3H2,1H3;2*1H;/q-2;;;;+2/p-2/b10-9-;;;;. The van der Waals surface area contributed by atoms with Gasteiger partial charge in [-0.25, -0.2) is 12.4 Å². The molecule has 0 rings (SSSR count). The van der Waals surface area contributed by atoms with Crippen molar-refractivity contribution in [1.82, 2.24) is 0 Å². The Morgan fingerprint density at radius 2 is 1.29 bits per heavy atom. The van der Waals surface area contributed by atoms with Gasteiger partial charge in [-0.05, 0) is 0 Å². The molecule has 0 unspecified atom stereocenters. The molecule has 128 valence electrons. The van der Waals surface area contributed by atoms with Gasteiger partial charge in [0, 0.05) is 0 Å². The maximum absolute atomic E-state index is 5.45. The summed E-state index contributed by atoms with van der Waals surface area (Å²) in [5, 5.41) is 8.88. The van der Waals surface area contributed by atoms with Crippen LogP contribution in [0.5, 0.6) is 0 Å². The zero-order valence-corrected chi connectivity index (χ0v) is 18.9. The van der Waals surface area contributed by atoms with Gasteiger partial charge in [-0.15, -0.1) is 11.1 Å². The van der Waals surface area contributed by atoms with Crippen molar-refractivity contribution in [2.45, 2.75) is 78.8 Å². The number of rotatable bonds is 8. The third kappa shape index (κ3) is 18.4. The molecule has 0 saturated carbocycles. The van der Waals surface area contributed by atoms with E-state index in [-0.39, 0.29) is 11.1 Å². The average molecular weight is 508 g/mol. The van der Waals surface area contributed by atoms with Crippen LogP contribution in [-0.4, -0.2) is 17.6 Å². The van der Waals surface area contributed by atoms with Gasteiger partial charge in [-0.1, -0.05) is 54.4 Å². The third-order valence-corrected chi connectivity index (χ3v) is 6.01. The van der Waals surface area contributed by atoms with Crippen LogP contribution in [0.2, 0.25) is 0 Å². The monoisotopic (exact) mass is 507 g/mol. The van der Waals surface area contributed by atoms with Crippen LogP contribution >= 0.6 is 18.8 Å². The van der Waals surface area contributed by atoms with Gasteiger partial charge in [-0.3, -0.25) is 0 Å². The minimum absolute atomic E-state index is 0.0440. The first kappa shape index (κ1) is 23.7. The van der Waals surface area contributed by atoms with Crippen molar-refractivity contribution in [3.05, 3.63) is 23.0 Å². The van der Waals surface area contributed by atoms with Crippen molar-refractivity contribution in [3.8, 4) is 0 Å². The molecule has 0 atom stereocenters. The zero-order valence-electron chi connectivity index (χ0n) is 14.5. The van der Waals surface area contributed by atoms with Gasteiger partial charge in [0.25, 0.3) is 0 Å². The van der Waals surface area contributed by atoms with E-state index >= 15 is 0 Å². The minimum atomic E-state index is -2.06. The van der Waals surface area contributed by atoms with Crippen LogP contribution in [0.15, 0.2) is 15.9 Å². The SMILES string of the molecule is CCC(C)(C)[N-]/C=C\[N-]C(C)(C)CC.CCC[N]=[W]([Cl])[Cl]. The molecule has 0 heterocycles. The van der Waals surface area contributed by atoms with Crippen molar-refractivity contribution in [2.75, 3.05) is 6.54 Å². The topological polar surface area (TPSA) is 40.6 Å². The van der Waals surface area contributed by atoms with E-state index in [0.29, 0.717) is 0 Å². The van der Waals surface area contributed by atoms with Crippen LogP contribution in [0.1, 0.15) is 67.7 Å². The molecular weight excluding hydrogens is 477 g/mol. The molecule has 0 fully saturated rings. The molecule has 0 saturated heterocycles. The zero-order chi connectivity index (χ0) is 16.9. The summed E-state index contributed by atoms with van der Waals surface area (Å²) in [4.78, 5) is 0. The Bertz CT molecular complexity index is 292. The average Bonchev–Trinajstić information content (AvgIpc) is 2.42. The summed E-state index contributed by atoms with van der Waals surface area (Å²) in [5.74, 6) is 0. The molecule has 0 amide bonds. The van der Waals surface area contributed by atoms with Crippen LogP contribution in [-0.2, 0) is 15.0 Å². The summed E-state index contributed by atoms with van der Waals surface area (Å²) >= 11 is -2.06. The molecule has 3 nitrogen and oxygen atoms in total. The molecular formula is C15H31Cl2N3W-2. The summed E-state index contributed by atoms with van der Waals surface area (Å²) in [5.41, 5.74) is 0.0881. The Morgan fingerprint density at radius 3 is 1.48 bits per heavy atom. The fourth-order valence-electron chi connectivity index (χ4n) is 0.813. The first-order valence-corrected chi connectivity index (χ1v) is 16.0. The molecule has 0 aliphatic heterocycles. The van der Waals surface area contributed by atoms with Gasteiger partial charge in [0.05, 0.1) is 0 Å². The predicted octanol–water partition coefficient (Wildman–Crippen LogP) is 7.09. The summed E-state index contributed by atoms with van der Waals surface area (Å²) in [6.07, 6.45) is 6.80. The quantitative estimate of drug-likeness (QED) is 0.336. The van der Waals surface area contributed by atoms with Crippen molar-refractivity contribution < 1.29 is 15.0 Å². The van der Waals surface area contributed by atoms with E-state index in [1.54, 1.807) is 0 Å². The van der Waals surface area contributed by atoms with Crippen LogP contribution in [0, 0.1) is 0 Å². The van der Waals surface area contributed by atoms with Gasteiger partial charge in [0.2, 0.25) is 0 Å². The molecule has 6 heteroatoms. The first-order valence-electron chi connectivity index (χ1n) is 7.43. The predicted molar refractivity (Wildman–Crippen MR) is 93.9 cm³/mol.